The predicted octanol–water partition coefficient (Wildman–Crippen LogP) is 13.4. The van der Waals surface area contributed by atoms with Crippen molar-refractivity contribution in [1.82, 2.24) is 19.9 Å². The average Bonchev–Trinajstić information content (AvgIpc) is 3.28. The first-order chi connectivity index (χ1) is 27.7. The Kier molecular flexibility index (Phi) is 7.46. The molecule has 0 fully saturated rings. The van der Waals surface area contributed by atoms with Crippen molar-refractivity contribution in [2.45, 2.75) is 0 Å². The molecule has 0 bridgehead atoms. The van der Waals surface area contributed by atoms with E-state index in [-0.39, 0.29) is 0 Å². The molecule has 0 saturated heterocycles. The molecule has 0 amide bonds. The van der Waals surface area contributed by atoms with Gasteiger partial charge in [-0.1, -0.05) is 146 Å². The van der Waals surface area contributed by atoms with E-state index in [4.69, 9.17) is 15.0 Å². The van der Waals surface area contributed by atoms with E-state index in [0.29, 0.717) is 0 Å². The topological polar surface area (TPSA) is 51.6 Å². The van der Waals surface area contributed by atoms with Gasteiger partial charge in [0.1, 0.15) is 0 Å². The van der Waals surface area contributed by atoms with Gasteiger partial charge in [-0.05, 0) is 75.5 Å². The number of hydrogen-bond acceptors (Lipinski definition) is 4. The van der Waals surface area contributed by atoms with Crippen LogP contribution in [0, 0.1) is 0 Å². The normalized spacial score (nSPS) is 11.6. The van der Waals surface area contributed by atoms with Crippen LogP contribution in [0.25, 0.3) is 110 Å². The van der Waals surface area contributed by atoms with Gasteiger partial charge in [0, 0.05) is 44.4 Å². The second kappa shape index (κ2) is 13.1. The van der Waals surface area contributed by atoms with Gasteiger partial charge in [-0.3, -0.25) is 4.98 Å². The highest BCUT2D eigenvalue weighted by Gasteiger charge is 2.14. The van der Waals surface area contributed by atoms with Crippen molar-refractivity contribution in [2.75, 3.05) is 0 Å². The number of hydrogen-bond donors (Lipinski definition) is 0. The summed E-state index contributed by atoms with van der Waals surface area (Å²) in [6, 6.07) is 66.2. The van der Waals surface area contributed by atoms with Crippen LogP contribution in [0.4, 0.5) is 0 Å². The summed E-state index contributed by atoms with van der Waals surface area (Å²) in [7, 11) is 0. The zero-order valence-electron chi connectivity index (χ0n) is 30.3. The zero-order valence-corrected chi connectivity index (χ0v) is 30.3. The highest BCUT2D eigenvalue weighted by Crippen LogP contribution is 2.37. The molecule has 56 heavy (non-hydrogen) atoms. The Morgan fingerprint density at radius 2 is 0.839 bits per heavy atom. The van der Waals surface area contributed by atoms with E-state index >= 15 is 0 Å². The Morgan fingerprint density at radius 1 is 0.286 bits per heavy atom. The predicted molar refractivity (Wildman–Crippen MR) is 232 cm³/mol. The van der Waals surface area contributed by atoms with E-state index in [1.54, 1.807) is 0 Å². The fourth-order valence-electron chi connectivity index (χ4n) is 8.00. The molecule has 11 rings (SSSR count). The molecule has 0 aliphatic rings. The van der Waals surface area contributed by atoms with Crippen molar-refractivity contribution in [3.8, 4) is 56.0 Å². The molecule has 4 nitrogen and oxygen atoms in total. The average molecular weight is 713 g/mol. The van der Waals surface area contributed by atoms with Crippen LogP contribution in [0.1, 0.15) is 0 Å². The van der Waals surface area contributed by atoms with Crippen LogP contribution in [0.5, 0.6) is 0 Å². The number of pyridine rings is 4. The van der Waals surface area contributed by atoms with E-state index in [1.807, 2.05) is 18.3 Å². The third kappa shape index (κ3) is 5.55. The summed E-state index contributed by atoms with van der Waals surface area (Å²) in [4.78, 5) is 20.1. The maximum Gasteiger partial charge on any atom is 0.0972 e. The maximum absolute atomic E-state index is 5.26. The molecule has 4 heteroatoms. The Bertz CT molecular complexity index is 3300. The molecular weight excluding hydrogens is 681 g/mol. The first-order valence-corrected chi connectivity index (χ1v) is 18.9. The van der Waals surface area contributed by atoms with Gasteiger partial charge in [0.15, 0.2) is 0 Å². The van der Waals surface area contributed by atoms with E-state index < -0.39 is 0 Å². The summed E-state index contributed by atoms with van der Waals surface area (Å²) >= 11 is 0. The van der Waals surface area contributed by atoms with Crippen molar-refractivity contribution in [3.63, 3.8) is 0 Å². The molecule has 0 atom stereocenters. The lowest BCUT2D eigenvalue weighted by Gasteiger charge is -2.13. The molecule has 4 heterocycles. The van der Waals surface area contributed by atoms with E-state index in [2.05, 4.69) is 181 Å². The van der Waals surface area contributed by atoms with Crippen molar-refractivity contribution in [2.24, 2.45) is 0 Å². The first kappa shape index (κ1) is 31.9. The third-order valence-corrected chi connectivity index (χ3v) is 10.9. The molecule has 260 valence electrons. The minimum Gasteiger partial charge on any atom is -0.254 e. The lowest BCUT2D eigenvalue weighted by atomic mass is 9.95. The molecule has 11 aromatic rings. The molecule has 0 aliphatic carbocycles. The fraction of sp³-hybridized carbons (Fsp3) is 0. The summed E-state index contributed by atoms with van der Waals surface area (Å²) in [5, 5.41) is 6.65. The monoisotopic (exact) mass is 712 g/mol. The van der Waals surface area contributed by atoms with Gasteiger partial charge in [0.2, 0.25) is 0 Å². The zero-order chi connectivity index (χ0) is 37.0. The quantitative estimate of drug-likeness (QED) is 0.167. The van der Waals surface area contributed by atoms with Crippen molar-refractivity contribution < 1.29 is 0 Å². The largest absolute Gasteiger partial charge is 0.254 e. The Balaban J connectivity index is 0.925. The Morgan fingerprint density at radius 3 is 1.64 bits per heavy atom. The molecular formula is C52H32N4. The van der Waals surface area contributed by atoms with E-state index in [9.17, 15) is 0 Å². The van der Waals surface area contributed by atoms with Crippen LogP contribution in [0.2, 0.25) is 0 Å². The van der Waals surface area contributed by atoms with Crippen LogP contribution in [-0.4, -0.2) is 19.9 Å². The number of benzene rings is 7. The smallest absolute Gasteiger partial charge is 0.0972 e. The van der Waals surface area contributed by atoms with Gasteiger partial charge in [0.25, 0.3) is 0 Å². The summed E-state index contributed by atoms with van der Waals surface area (Å²) in [6.07, 6.45) is 1.83. The lowest BCUT2D eigenvalue weighted by molar-refractivity contribution is 1.37. The first-order valence-electron chi connectivity index (χ1n) is 18.9. The molecule has 0 aliphatic heterocycles. The number of rotatable bonds is 5. The summed E-state index contributed by atoms with van der Waals surface area (Å²) in [6.45, 7) is 0. The van der Waals surface area contributed by atoms with Gasteiger partial charge in [0.05, 0.1) is 39.1 Å². The van der Waals surface area contributed by atoms with Gasteiger partial charge in [-0.25, -0.2) is 15.0 Å². The molecule has 7 aromatic carbocycles. The van der Waals surface area contributed by atoms with Crippen molar-refractivity contribution >= 4 is 54.4 Å². The van der Waals surface area contributed by atoms with Crippen LogP contribution >= 0.6 is 0 Å². The van der Waals surface area contributed by atoms with E-state index in [1.165, 1.54) is 11.1 Å². The summed E-state index contributed by atoms with van der Waals surface area (Å²) in [5.41, 5.74) is 14.5. The highest BCUT2D eigenvalue weighted by atomic mass is 14.8. The molecule has 0 unspecified atom stereocenters. The molecule has 0 N–H and O–H groups in total. The van der Waals surface area contributed by atoms with Gasteiger partial charge >= 0.3 is 0 Å². The second-order valence-electron chi connectivity index (χ2n) is 14.3. The van der Waals surface area contributed by atoms with Crippen LogP contribution in [0.3, 0.4) is 0 Å². The lowest BCUT2D eigenvalue weighted by Crippen LogP contribution is -1.92. The van der Waals surface area contributed by atoms with Crippen LogP contribution in [-0.2, 0) is 0 Å². The molecule has 0 radical (unpaired) electrons. The minimum absolute atomic E-state index is 0.915. The molecule has 0 saturated carbocycles. The summed E-state index contributed by atoms with van der Waals surface area (Å²) in [5.74, 6) is 0. The Hall–Kier alpha value is -7.56. The molecule has 0 spiro atoms. The maximum atomic E-state index is 5.26. The second-order valence-corrected chi connectivity index (χ2v) is 14.3. The minimum atomic E-state index is 0.915. The van der Waals surface area contributed by atoms with Crippen molar-refractivity contribution in [1.29, 1.82) is 0 Å². The van der Waals surface area contributed by atoms with Crippen molar-refractivity contribution in [3.05, 3.63) is 194 Å². The van der Waals surface area contributed by atoms with Gasteiger partial charge in [-0.15, -0.1) is 0 Å². The SMILES string of the molecule is c1ccc(-c2ccc(-c3ccc4cc(-c5ccc6ccc(-c7ccc(-c8ccc9ccc%10cccnc%10c9n8)c8ccccc78)nc6c5)ccc4n3)cc2)cc1. The third-order valence-electron chi connectivity index (χ3n) is 10.9. The van der Waals surface area contributed by atoms with Crippen LogP contribution in [0.15, 0.2) is 194 Å². The number of aromatic nitrogens is 4. The number of fused-ring (bicyclic) bond motifs is 6. The molecule has 4 aromatic heterocycles. The fourth-order valence-corrected chi connectivity index (χ4v) is 8.00. The standard InChI is InChI=1S/C52H32N4/c1-2-7-33(8-3-1)34-12-14-35(15-13-34)46-27-23-41-31-39(22-26-47(41)54-46)40-19-16-36-20-28-48(55-50(36)32-40)44-24-25-45(43-11-5-4-10-42(43)44)49-29-21-38-18-17-37-9-6-30-53-51(37)52(38)56-49/h1-32H. The van der Waals surface area contributed by atoms with Crippen LogP contribution < -0.4 is 0 Å². The van der Waals surface area contributed by atoms with Gasteiger partial charge in [-0.2, -0.15) is 0 Å². The van der Waals surface area contributed by atoms with E-state index in [0.717, 1.165) is 99.3 Å². The Labute approximate surface area is 323 Å². The summed E-state index contributed by atoms with van der Waals surface area (Å²) < 4.78 is 0. The number of nitrogens with zero attached hydrogens (tertiary/aromatic N) is 4. The van der Waals surface area contributed by atoms with Gasteiger partial charge < -0.3 is 0 Å². The highest BCUT2D eigenvalue weighted by molar-refractivity contribution is 6.07.